The first kappa shape index (κ1) is 16.3. The molecule has 3 rings (SSSR count). The van der Waals surface area contributed by atoms with Crippen molar-refractivity contribution in [3.05, 3.63) is 34.5 Å². The highest BCUT2D eigenvalue weighted by atomic mass is 35.5. The molecule has 0 saturated carbocycles. The van der Waals surface area contributed by atoms with Gasteiger partial charge in [0.15, 0.2) is 11.3 Å². The molecule has 1 fully saturated rings. The van der Waals surface area contributed by atoms with Gasteiger partial charge in [-0.2, -0.15) is 0 Å². The predicted octanol–water partition coefficient (Wildman–Crippen LogP) is 3.95. The van der Waals surface area contributed by atoms with Crippen LogP contribution in [0.25, 0.3) is 11.0 Å². The van der Waals surface area contributed by atoms with Crippen molar-refractivity contribution in [2.75, 3.05) is 26.7 Å². The predicted molar refractivity (Wildman–Crippen MR) is 93.2 cm³/mol. The lowest BCUT2D eigenvalue weighted by Gasteiger charge is -2.36. The first-order valence-electron chi connectivity index (χ1n) is 8.20. The molecule has 1 aliphatic heterocycles. The van der Waals surface area contributed by atoms with Crippen LogP contribution in [0.3, 0.4) is 0 Å². The van der Waals surface area contributed by atoms with Gasteiger partial charge in [-0.1, -0.05) is 30.7 Å². The molecule has 2 heterocycles. The fourth-order valence-corrected chi connectivity index (χ4v) is 3.57. The molecule has 0 atom stereocenters. The average Bonchev–Trinajstić information content (AvgIpc) is 2.92. The van der Waals surface area contributed by atoms with Gasteiger partial charge in [0, 0.05) is 37.1 Å². The summed E-state index contributed by atoms with van der Waals surface area (Å²) in [5, 5.41) is 1.46. The highest BCUT2D eigenvalue weighted by Gasteiger charge is 2.28. The number of aryl methyl sites for hydroxylation is 1. The summed E-state index contributed by atoms with van der Waals surface area (Å²) < 4.78 is 5.81. The van der Waals surface area contributed by atoms with Crippen molar-refractivity contribution in [3.63, 3.8) is 0 Å². The molecule has 1 aromatic heterocycles. The number of carbonyl (C=O) groups excluding carboxylic acids is 1. The third-order valence-electron chi connectivity index (χ3n) is 4.98. The number of fused-ring (bicyclic) bond motifs is 1. The number of carbonyl (C=O) groups is 1. The number of hydrogen-bond acceptors (Lipinski definition) is 3. The number of benzene rings is 1. The summed E-state index contributed by atoms with van der Waals surface area (Å²) in [6.07, 6.45) is 2.02. The minimum Gasteiger partial charge on any atom is -0.449 e. The number of hydrogen-bond donors (Lipinski definition) is 0. The lowest BCUT2D eigenvalue weighted by molar-refractivity contribution is 0.0617. The van der Waals surface area contributed by atoms with Gasteiger partial charge in [0.1, 0.15) is 0 Å². The molecule has 1 aliphatic rings. The van der Waals surface area contributed by atoms with Crippen LogP contribution in [0.4, 0.5) is 0 Å². The number of likely N-dealkylation sites (tertiary alicyclic amines) is 1. The second kappa shape index (κ2) is 6.54. The van der Waals surface area contributed by atoms with Gasteiger partial charge in [-0.25, -0.2) is 0 Å². The summed E-state index contributed by atoms with van der Waals surface area (Å²) in [4.78, 5) is 17.1. The van der Waals surface area contributed by atoms with Crippen LogP contribution in [0.1, 0.15) is 35.9 Å². The van der Waals surface area contributed by atoms with Gasteiger partial charge in [0.2, 0.25) is 0 Å². The second-order valence-electron chi connectivity index (χ2n) is 6.25. The summed E-state index contributed by atoms with van der Waals surface area (Å²) in [7, 11) is 1.88. The maximum atomic E-state index is 12.9. The van der Waals surface area contributed by atoms with Gasteiger partial charge in [-0.15, -0.1) is 0 Å². The highest BCUT2D eigenvalue weighted by molar-refractivity contribution is 6.35. The Kier molecular flexibility index (Phi) is 4.64. The van der Waals surface area contributed by atoms with Crippen LogP contribution in [0.2, 0.25) is 5.02 Å². The monoisotopic (exact) mass is 334 g/mol. The largest absolute Gasteiger partial charge is 0.449 e. The molecule has 0 N–H and O–H groups in total. The van der Waals surface area contributed by atoms with Crippen molar-refractivity contribution in [3.8, 4) is 0 Å². The van der Waals surface area contributed by atoms with E-state index in [1.165, 1.54) is 0 Å². The minimum absolute atomic E-state index is 0.0512. The summed E-state index contributed by atoms with van der Waals surface area (Å²) in [6, 6.07) is 5.88. The highest BCUT2D eigenvalue weighted by Crippen LogP contribution is 2.31. The fraction of sp³-hybridized carbons (Fsp3) is 0.500. The van der Waals surface area contributed by atoms with Crippen molar-refractivity contribution in [1.29, 1.82) is 0 Å². The Balaban J connectivity index is 1.83. The van der Waals surface area contributed by atoms with Gasteiger partial charge in [0.25, 0.3) is 5.91 Å². The molecule has 5 heteroatoms. The third kappa shape index (κ3) is 2.98. The Morgan fingerprint density at radius 1 is 1.39 bits per heavy atom. The number of halogens is 1. The van der Waals surface area contributed by atoms with Crippen molar-refractivity contribution >= 4 is 28.5 Å². The number of nitrogens with zero attached hydrogens (tertiary/aromatic N) is 2. The molecule has 0 bridgehead atoms. The van der Waals surface area contributed by atoms with E-state index in [1.807, 2.05) is 31.0 Å². The Morgan fingerprint density at radius 2 is 2.09 bits per heavy atom. The first-order valence-corrected chi connectivity index (χ1v) is 8.57. The molecule has 0 spiro atoms. The molecule has 2 aromatic rings. The molecule has 1 aromatic carbocycles. The molecule has 0 aliphatic carbocycles. The van der Waals surface area contributed by atoms with Gasteiger partial charge in [-0.05, 0) is 32.4 Å². The number of amides is 1. The van der Waals surface area contributed by atoms with Crippen LogP contribution >= 0.6 is 11.6 Å². The van der Waals surface area contributed by atoms with E-state index in [2.05, 4.69) is 11.8 Å². The maximum Gasteiger partial charge on any atom is 0.289 e. The topological polar surface area (TPSA) is 36.7 Å². The van der Waals surface area contributed by atoms with Crippen molar-refractivity contribution in [1.82, 2.24) is 9.80 Å². The van der Waals surface area contributed by atoms with Crippen molar-refractivity contribution < 1.29 is 9.21 Å². The minimum atomic E-state index is -0.0512. The number of rotatable bonds is 3. The van der Waals surface area contributed by atoms with Crippen LogP contribution in [0.15, 0.2) is 22.6 Å². The van der Waals surface area contributed by atoms with E-state index in [-0.39, 0.29) is 11.9 Å². The molecular weight excluding hydrogens is 312 g/mol. The van der Waals surface area contributed by atoms with E-state index in [9.17, 15) is 4.79 Å². The summed E-state index contributed by atoms with van der Waals surface area (Å²) >= 11 is 6.18. The van der Waals surface area contributed by atoms with E-state index in [0.717, 1.165) is 43.4 Å². The molecule has 0 radical (unpaired) electrons. The fourth-order valence-electron chi connectivity index (χ4n) is 3.36. The van der Waals surface area contributed by atoms with Gasteiger partial charge < -0.3 is 14.2 Å². The molecule has 1 saturated heterocycles. The lowest BCUT2D eigenvalue weighted by atomic mass is 10.0. The zero-order valence-electron chi connectivity index (χ0n) is 13.9. The normalized spacial score (nSPS) is 16.9. The lowest BCUT2D eigenvalue weighted by Crippen LogP contribution is -2.45. The Bertz CT molecular complexity index is 717. The Morgan fingerprint density at radius 3 is 2.70 bits per heavy atom. The average molecular weight is 335 g/mol. The van der Waals surface area contributed by atoms with Crippen LogP contribution in [0.5, 0.6) is 0 Å². The molecular formula is C18H23ClN2O2. The molecule has 4 nitrogen and oxygen atoms in total. The Hall–Kier alpha value is -1.52. The molecule has 23 heavy (non-hydrogen) atoms. The van der Waals surface area contributed by atoms with Gasteiger partial charge >= 0.3 is 0 Å². The summed E-state index contributed by atoms with van der Waals surface area (Å²) in [5.41, 5.74) is 1.47. The zero-order valence-corrected chi connectivity index (χ0v) is 14.7. The SMILES string of the molecule is CCN1CCC(N(C)C(=O)c2oc3c(Cl)cccc3c2C)CC1. The van der Waals surface area contributed by atoms with E-state index in [4.69, 9.17) is 16.0 Å². The number of para-hydroxylation sites is 1. The van der Waals surface area contributed by atoms with Crippen LogP contribution in [-0.4, -0.2) is 48.4 Å². The van der Waals surface area contributed by atoms with Crippen molar-refractivity contribution in [2.45, 2.75) is 32.7 Å². The standard InChI is InChI=1S/C18H23ClN2O2/c1-4-21-10-8-13(9-11-21)20(3)18(22)16-12(2)14-6-5-7-15(19)17(14)23-16/h5-7,13H,4,8-11H2,1-3H3. The van der Waals surface area contributed by atoms with Gasteiger partial charge in [-0.3, -0.25) is 4.79 Å². The van der Waals surface area contributed by atoms with Gasteiger partial charge in [0.05, 0.1) is 5.02 Å². The quantitative estimate of drug-likeness (QED) is 0.852. The van der Waals surface area contributed by atoms with Crippen LogP contribution in [0, 0.1) is 6.92 Å². The molecule has 124 valence electrons. The number of furan rings is 1. The third-order valence-corrected chi connectivity index (χ3v) is 5.28. The van der Waals surface area contributed by atoms with E-state index in [1.54, 1.807) is 6.07 Å². The molecule has 0 unspecified atom stereocenters. The molecule has 1 amide bonds. The maximum absolute atomic E-state index is 12.9. The van der Waals surface area contributed by atoms with E-state index in [0.29, 0.717) is 16.4 Å². The zero-order chi connectivity index (χ0) is 16.6. The van der Waals surface area contributed by atoms with Crippen LogP contribution in [-0.2, 0) is 0 Å². The Labute approximate surface area is 142 Å². The van der Waals surface area contributed by atoms with Crippen LogP contribution < -0.4 is 0 Å². The van der Waals surface area contributed by atoms with Crippen molar-refractivity contribution in [2.24, 2.45) is 0 Å². The smallest absolute Gasteiger partial charge is 0.289 e. The van der Waals surface area contributed by atoms with E-state index < -0.39 is 0 Å². The first-order chi connectivity index (χ1) is 11.0. The number of piperidine rings is 1. The summed E-state index contributed by atoms with van der Waals surface area (Å²) in [6.45, 7) is 7.26. The second-order valence-corrected chi connectivity index (χ2v) is 6.66. The summed E-state index contributed by atoms with van der Waals surface area (Å²) in [5.74, 6) is 0.359. The van der Waals surface area contributed by atoms with E-state index >= 15 is 0 Å².